The second-order valence-electron chi connectivity index (χ2n) is 6.88. The summed E-state index contributed by atoms with van der Waals surface area (Å²) in [6.45, 7) is 0. The molecule has 0 aliphatic rings. The van der Waals surface area contributed by atoms with Crippen LogP contribution in [-0.2, 0) is 21.3 Å². The molecule has 4 aromatic rings. The van der Waals surface area contributed by atoms with Crippen LogP contribution in [-0.4, -0.2) is 32.6 Å². The van der Waals surface area contributed by atoms with Crippen molar-refractivity contribution in [1.29, 1.82) is 0 Å². The number of ether oxygens (including phenoxy) is 1. The number of hydrazone groups is 1. The van der Waals surface area contributed by atoms with Crippen LogP contribution in [0.25, 0.3) is 10.6 Å². The molecule has 0 bridgehead atoms. The first kappa shape index (κ1) is 23.2. The first-order valence-corrected chi connectivity index (χ1v) is 12.1. The molecule has 0 aliphatic heterocycles. The molecule has 0 atom stereocenters. The van der Waals surface area contributed by atoms with Crippen LogP contribution in [0.2, 0.25) is 0 Å². The van der Waals surface area contributed by atoms with Crippen LogP contribution in [0.5, 0.6) is 11.5 Å². The van der Waals surface area contributed by atoms with E-state index in [0.29, 0.717) is 22.0 Å². The van der Waals surface area contributed by atoms with Gasteiger partial charge in [-0.1, -0.05) is 24.3 Å². The molecule has 0 spiro atoms. The predicted octanol–water partition coefficient (Wildman–Crippen LogP) is 3.87. The summed E-state index contributed by atoms with van der Waals surface area (Å²) in [5, 5.41) is 3.93. The number of rotatable bonds is 9. The topological polar surface area (TPSA) is 120 Å². The molecule has 0 saturated carbocycles. The highest BCUT2D eigenvalue weighted by molar-refractivity contribution is 7.89. The maximum absolute atomic E-state index is 12.8. The first-order chi connectivity index (χ1) is 16.4. The number of benzene rings is 2. The molecule has 174 valence electrons. The lowest BCUT2D eigenvalue weighted by molar-refractivity contribution is -0.120. The maximum atomic E-state index is 12.8. The van der Waals surface area contributed by atoms with Crippen molar-refractivity contribution in [2.75, 3.05) is 7.11 Å². The minimum Gasteiger partial charge on any atom is -0.497 e. The molecule has 34 heavy (non-hydrogen) atoms. The number of oxazole rings is 1. The Labute approximate surface area is 199 Å². The van der Waals surface area contributed by atoms with Gasteiger partial charge in [0.15, 0.2) is 22.1 Å². The molecule has 0 radical (unpaired) electrons. The number of thiophene rings is 1. The van der Waals surface area contributed by atoms with Gasteiger partial charge in [0.25, 0.3) is 0 Å². The van der Waals surface area contributed by atoms with E-state index in [1.54, 1.807) is 55.6 Å². The van der Waals surface area contributed by atoms with Gasteiger partial charge >= 0.3 is 10.1 Å². The largest absolute Gasteiger partial charge is 0.497 e. The second kappa shape index (κ2) is 10.3. The fourth-order valence-electron chi connectivity index (χ4n) is 2.93. The van der Waals surface area contributed by atoms with Crippen molar-refractivity contribution < 1.29 is 26.5 Å². The lowest BCUT2D eigenvalue weighted by Crippen LogP contribution is -2.19. The monoisotopic (exact) mass is 497 g/mol. The van der Waals surface area contributed by atoms with Crippen molar-refractivity contribution in [2.24, 2.45) is 5.10 Å². The van der Waals surface area contributed by atoms with E-state index in [1.165, 1.54) is 30.9 Å². The number of aromatic nitrogens is 1. The molecule has 0 aliphatic carbocycles. The highest BCUT2D eigenvalue weighted by Crippen LogP contribution is 2.32. The van der Waals surface area contributed by atoms with Gasteiger partial charge in [0.2, 0.25) is 5.91 Å². The third-order valence-electron chi connectivity index (χ3n) is 4.51. The van der Waals surface area contributed by atoms with Gasteiger partial charge in [-0.25, -0.2) is 10.4 Å². The Hall–Kier alpha value is -3.96. The van der Waals surface area contributed by atoms with Gasteiger partial charge in [-0.05, 0) is 42.0 Å². The van der Waals surface area contributed by atoms with Gasteiger partial charge in [0, 0.05) is 5.56 Å². The number of amides is 1. The van der Waals surface area contributed by atoms with Crippen molar-refractivity contribution >= 4 is 33.6 Å². The number of methoxy groups -OCH3 is 1. The van der Waals surface area contributed by atoms with E-state index in [0.717, 1.165) is 16.9 Å². The van der Waals surface area contributed by atoms with E-state index < -0.39 is 10.1 Å². The van der Waals surface area contributed by atoms with Crippen molar-refractivity contribution in [3.8, 4) is 22.1 Å². The molecule has 1 amide bonds. The Morgan fingerprint density at radius 3 is 2.82 bits per heavy atom. The molecule has 2 heterocycles. The van der Waals surface area contributed by atoms with Crippen LogP contribution in [0.1, 0.15) is 11.1 Å². The predicted molar refractivity (Wildman–Crippen MR) is 127 cm³/mol. The molecule has 0 saturated heterocycles. The average Bonchev–Trinajstić information content (AvgIpc) is 3.53. The number of hydrogen-bond donors (Lipinski definition) is 1. The van der Waals surface area contributed by atoms with Crippen LogP contribution in [0, 0.1) is 0 Å². The lowest BCUT2D eigenvalue weighted by Gasteiger charge is -2.08. The van der Waals surface area contributed by atoms with E-state index in [1.807, 2.05) is 0 Å². The zero-order valence-corrected chi connectivity index (χ0v) is 19.5. The van der Waals surface area contributed by atoms with Crippen LogP contribution in [0.4, 0.5) is 0 Å². The van der Waals surface area contributed by atoms with Crippen molar-refractivity contribution in [3.05, 3.63) is 84.4 Å². The number of nitrogens with zero attached hydrogens (tertiary/aromatic N) is 2. The Kier molecular flexibility index (Phi) is 7.04. The molecular weight excluding hydrogens is 478 g/mol. The number of hydrogen-bond acceptors (Lipinski definition) is 9. The summed E-state index contributed by atoms with van der Waals surface area (Å²) in [4.78, 5) is 16.6. The smallest absolute Gasteiger partial charge is 0.348 e. The molecule has 0 unspecified atom stereocenters. The van der Waals surface area contributed by atoms with E-state index in [2.05, 4.69) is 15.5 Å². The summed E-state index contributed by atoms with van der Waals surface area (Å²) >= 11 is 1.00. The molecule has 4 rings (SSSR count). The summed E-state index contributed by atoms with van der Waals surface area (Å²) in [5.41, 5.74) is 3.57. The van der Waals surface area contributed by atoms with Gasteiger partial charge < -0.3 is 13.3 Å². The number of para-hydroxylation sites is 1. The van der Waals surface area contributed by atoms with Gasteiger partial charge in [-0.15, -0.1) is 11.3 Å². The summed E-state index contributed by atoms with van der Waals surface area (Å²) in [6, 6.07) is 16.7. The number of carbonyl (C=O) groups excluding carboxylic acids is 1. The molecule has 2 aromatic heterocycles. The normalized spacial score (nSPS) is 11.4. The van der Waals surface area contributed by atoms with Crippen LogP contribution < -0.4 is 14.3 Å². The van der Waals surface area contributed by atoms with E-state index in [9.17, 15) is 13.2 Å². The summed E-state index contributed by atoms with van der Waals surface area (Å²) in [6.07, 6.45) is 4.19. The molecular formula is C23H19N3O6S2. The number of nitrogens with one attached hydrogen (secondary N) is 1. The van der Waals surface area contributed by atoms with E-state index in [4.69, 9.17) is 13.3 Å². The van der Waals surface area contributed by atoms with E-state index >= 15 is 0 Å². The Morgan fingerprint density at radius 2 is 2.03 bits per heavy atom. The zero-order valence-electron chi connectivity index (χ0n) is 17.9. The maximum Gasteiger partial charge on any atom is 0.348 e. The quantitative estimate of drug-likeness (QED) is 0.212. The minimum absolute atomic E-state index is 0.0113. The van der Waals surface area contributed by atoms with Gasteiger partial charge in [0.05, 0.1) is 30.8 Å². The third kappa shape index (κ3) is 5.69. The van der Waals surface area contributed by atoms with Crippen molar-refractivity contribution in [3.63, 3.8) is 0 Å². The fourth-order valence-corrected chi connectivity index (χ4v) is 5.10. The van der Waals surface area contributed by atoms with Crippen molar-refractivity contribution in [2.45, 2.75) is 10.6 Å². The van der Waals surface area contributed by atoms with Crippen LogP contribution in [0.15, 0.2) is 87.0 Å². The third-order valence-corrected chi connectivity index (χ3v) is 7.30. The van der Waals surface area contributed by atoms with Crippen molar-refractivity contribution in [1.82, 2.24) is 10.4 Å². The van der Waals surface area contributed by atoms with Gasteiger partial charge in [0.1, 0.15) is 5.75 Å². The molecule has 1 N–H and O–H groups in total. The highest BCUT2D eigenvalue weighted by atomic mass is 32.3. The molecule has 2 aromatic carbocycles. The van der Waals surface area contributed by atoms with Crippen LogP contribution >= 0.6 is 11.3 Å². The fraction of sp³-hybridized carbons (Fsp3) is 0.0870. The Morgan fingerprint density at radius 1 is 1.18 bits per heavy atom. The first-order valence-electron chi connectivity index (χ1n) is 9.91. The molecule has 11 heteroatoms. The average molecular weight is 498 g/mol. The van der Waals surface area contributed by atoms with Gasteiger partial charge in [-0.2, -0.15) is 13.5 Å². The highest BCUT2D eigenvalue weighted by Gasteiger charge is 2.21. The standard InChI is InChI=1S/C23H19N3O6S2/c1-30-18-7-4-5-16(11-18)12-22(27)26-25-13-17-6-2-3-8-19(17)32-34(28,29)23-10-9-21(33-23)20-14-24-15-31-20/h2-11,13-15H,12H2,1H3,(H,26,27). The summed E-state index contributed by atoms with van der Waals surface area (Å²) in [7, 11) is -2.55. The Balaban J connectivity index is 1.43. The summed E-state index contributed by atoms with van der Waals surface area (Å²) < 4.78 is 41.3. The summed E-state index contributed by atoms with van der Waals surface area (Å²) in [5.74, 6) is 0.848. The lowest BCUT2D eigenvalue weighted by atomic mass is 10.1. The van der Waals surface area contributed by atoms with Crippen LogP contribution in [0.3, 0.4) is 0 Å². The van der Waals surface area contributed by atoms with Gasteiger partial charge in [-0.3, -0.25) is 4.79 Å². The molecule has 0 fully saturated rings. The minimum atomic E-state index is -4.10. The second-order valence-corrected chi connectivity index (χ2v) is 9.74. The van der Waals surface area contributed by atoms with E-state index in [-0.39, 0.29) is 22.3 Å². The zero-order chi connectivity index (χ0) is 24.0. The Bertz CT molecular complexity index is 1410. The number of carbonyl (C=O) groups is 1. The molecule has 9 nitrogen and oxygen atoms in total. The SMILES string of the molecule is COc1cccc(CC(=O)NN=Cc2ccccc2OS(=O)(=O)c2ccc(-c3cnco3)s2)c1.